The number of methoxy groups -OCH3 is 1. The van der Waals surface area contributed by atoms with Gasteiger partial charge in [-0.2, -0.15) is 5.10 Å². The van der Waals surface area contributed by atoms with E-state index in [9.17, 15) is 4.79 Å². The van der Waals surface area contributed by atoms with Crippen LogP contribution in [0.5, 0.6) is 11.5 Å². The molecule has 1 N–H and O–H groups in total. The Bertz CT molecular complexity index is 787. The summed E-state index contributed by atoms with van der Waals surface area (Å²) in [5.41, 5.74) is 4.50. The number of ether oxygens (including phenoxy) is 2. The molecule has 1 saturated heterocycles. The number of hydrogen-bond acceptors (Lipinski definition) is 5. The van der Waals surface area contributed by atoms with Crippen molar-refractivity contribution >= 4 is 12.1 Å². The van der Waals surface area contributed by atoms with E-state index in [1.54, 1.807) is 13.3 Å². The number of carbonyl (C=O) groups excluding carboxylic acids is 1. The normalized spacial score (nSPS) is 14.8. The first-order valence-electron chi connectivity index (χ1n) is 9.63. The molecule has 6 heteroatoms. The molecule has 0 aromatic heterocycles. The quantitative estimate of drug-likeness (QED) is 0.563. The first-order chi connectivity index (χ1) is 13.7. The van der Waals surface area contributed by atoms with Crippen molar-refractivity contribution in [2.45, 2.75) is 25.9 Å². The van der Waals surface area contributed by atoms with Gasteiger partial charge in [-0.15, -0.1) is 0 Å². The predicted molar refractivity (Wildman–Crippen MR) is 110 cm³/mol. The molecule has 0 aliphatic carbocycles. The van der Waals surface area contributed by atoms with Crippen molar-refractivity contribution < 1.29 is 14.3 Å². The number of piperidine rings is 1. The molecule has 0 unspecified atom stereocenters. The van der Waals surface area contributed by atoms with Gasteiger partial charge in [0.05, 0.1) is 19.9 Å². The molecule has 148 valence electrons. The minimum atomic E-state index is -0.0899. The van der Waals surface area contributed by atoms with Crippen molar-refractivity contribution in [2.24, 2.45) is 5.10 Å². The maximum absolute atomic E-state index is 12.0. The third kappa shape index (κ3) is 6.09. The van der Waals surface area contributed by atoms with Crippen LogP contribution in [0.2, 0.25) is 0 Å². The number of carbonyl (C=O) groups is 1. The molecule has 1 aliphatic rings. The number of amides is 1. The van der Waals surface area contributed by atoms with Crippen LogP contribution in [0, 0.1) is 0 Å². The molecule has 0 spiro atoms. The molecule has 1 fully saturated rings. The molecule has 3 rings (SSSR count). The topological polar surface area (TPSA) is 63.2 Å². The van der Waals surface area contributed by atoms with Crippen molar-refractivity contribution in [1.29, 1.82) is 0 Å². The highest BCUT2D eigenvalue weighted by Gasteiger charge is 2.13. The zero-order valence-corrected chi connectivity index (χ0v) is 16.3. The third-order valence-corrected chi connectivity index (χ3v) is 4.64. The van der Waals surface area contributed by atoms with E-state index in [-0.39, 0.29) is 5.91 Å². The van der Waals surface area contributed by atoms with Gasteiger partial charge < -0.3 is 9.47 Å². The second-order valence-corrected chi connectivity index (χ2v) is 6.81. The first-order valence-corrected chi connectivity index (χ1v) is 9.63. The lowest BCUT2D eigenvalue weighted by atomic mass is 10.1. The van der Waals surface area contributed by atoms with Crippen LogP contribution in [0.1, 0.15) is 30.4 Å². The number of hydrogen-bond donors (Lipinski definition) is 1. The van der Waals surface area contributed by atoms with Crippen LogP contribution < -0.4 is 14.9 Å². The van der Waals surface area contributed by atoms with Gasteiger partial charge in [-0.1, -0.05) is 36.8 Å². The Morgan fingerprint density at radius 1 is 1.11 bits per heavy atom. The van der Waals surface area contributed by atoms with E-state index in [0.29, 0.717) is 24.7 Å². The van der Waals surface area contributed by atoms with Gasteiger partial charge in [-0.3, -0.25) is 9.69 Å². The minimum Gasteiger partial charge on any atom is -0.493 e. The lowest BCUT2D eigenvalue weighted by molar-refractivity contribution is -0.122. The second-order valence-electron chi connectivity index (χ2n) is 6.81. The zero-order chi connectivity index (χ0) is 19.6. The number of likely N-dealkylation sites (tertiary alicyclic amines) is 1. The van der Waals surface area contributed by atoms with Crippen LogP contribution >= 0.6 is 0 Å². The van der Waals surface area contributed by atoms with Crippen LogP contribution in [-0.2, 0) is 11.4 Å². The average molecular weight is 381 g/mol. The summed E-state index contributed by atoms with van der Waals surface area (Å²) in [5, 5.41) is 4.06. The number of nitrogens with zero attached hydrogens (tertiary/aromatic N) is 2. The fourth-order valence-electron chi connectivity index (χ4n) is 3.15. The van der Waals surface area contributed by atoms with E-state index >= 15 is 0 Å². The number of benzene rings is 2. The summed E-state index contributed by atoms with van der Waals surface area (Å²) in [6.07, 6.45) is 5.19. The molecular weight excluding hydrogens is 354 g/mol. The highest BCUT2D eigenvalue weighted by atomic mass is 16.5. The largest absolute Gasteiger partial charge is 0.493 e. The van der Waals surface area contributed by atoms with Crippen molar-refractivity contribution in [3.8, 4) is 11.5 Å². The molecular formula is C22H27N3O3. The van der Waals surface area contributed by atoms with Gasteiger partial charge >= 0.3 is 0 Å². The minimum absolute atomic E-state index is 0.0899. The van der Waals surface area contributed by atoms with Crippen molar-refractivity contribution in [1.82, 2.24) is 10.3 Å². The summed E-state index contributed by atoms with van der Waals surface area (Å²) >= 11 is 0. The van der Waals surface area contributed by atoms with Gasteiger partial charge in [0, 0.05) is 0 Å². The van der Waals surface area contributed by atoms with Gasteiger partial charge in [0.1, 0.15) is 6.61 Å². The smallest absolute Gasteiger partial charge is 0.254 e. The van der Waals surface area contributed by atoms with E-state index in [2.05, 4.69) is 15.4 Å². The molecule has 0 atom stereocenters. The summed E-state index contributed by atoms with van der Waals surface area (Å²) in [5.74, 6) is 1.20. The Morgan fingerprint density at radius 3 is 2.64 bits per heavy atom. The number of rotatable bonds is 8. The molecule has 28 heavy (non-hydrogen) atoms. The van der Waals surface area contributed by atoms with Gasteiger partial charge in [0.2, 0.25) is 0 Å². The summed E-state index contributed by atoms with van der Waals surface area (Å²) in [6.45, 7) is 2.83. The number of nitrogens with one attached hydrogen (secondary N) is 1. The molecule has 2 aromatic carbocycles. The Morgan fingerprint density at radius 2 is 1.89 bits per heavy atom. The van der Waals surface area contributed by atoms with Crippen molar-refractivity contribution in [2.75, 3.05) is 26.7 Å². The third-order valence-electron chi connectivity index (χ3n) is 4.64. The van der Waals surface area contributed by atoms with Crippen molar-refractivity contribution in [3.63, 3.8) is 0 Å². The summed E-state index contributed by atoms with van der Waals surface area (Å²) in [6, 6.07) is 15.5. The van der Waals surface area contributed by atoms with Gasteiger partial charge in [-0.25, -0.2) is 5.43 Å². The maximum atomic E-state index is 12.0. The summed E-state index contributed by atoms with van der Waals surface area (Å²) in [4.78, 5) is 14.2. The monoisotopic (exact) mass is 381 g/mol. The standard InChI is InChI=1S/C22H27N3O3/c1-27-21-14-19(10-11-20(21)28-17-18-8-4-2-5-9-18)15-23-24-22(26)16-25-12-6-3-7-13-25/h2,4-5,8-11,14-15H,3,6-7,12-13,16-17H2,1H3,(H,24,26)/b23-15-. The summed E-state index contributed by atoms with van der Waals surface area (Å²) in [7, 11) is 1.60. The van der Waals surface area contributed by atoms with E-state index < -0.39 is 0 Å². The van der Waals surface area contributed by atoms with Gasteiger partial charge in [0.25, 0.3) is 5.91 Å². The highest BCUT2D eigenvalue weighted by Crippen LogP contribution is 2.28. The highest BCUT2D eigenvalue weighted by molar-refractivity contribution is 5.83. The lowest BCUT2D eigenvalue weighted by Gasteiger charge is -2.25. The van der Waals surface area contributed by atoms with Gasteiger partial charge in [0.15, 0.2) is 11.5 Å². The Balaban J connectivity index is 1.52. The Labute approximate surface area is 166 Å². The molecule has 0 radical (unpaired) electrons. The SMILES string of the molecule is COc1cc(/C=N\NC(=O)CN2CCCCC2)ccc1OCc1ccccc1. The maximum Gasteiger partial charge on any atom is 0.254 e. The van der Waals surface area contributed by atoms with E-state index in [1.165, 1.54) is 6.42 Å². The van der Waals surface area contributed by atoms with Crippen LogP contribution in [0.4, 0.5) is 0 Å². The van der Waals surface area contributed by atoms with Crippen LogP contribution in [0.25, 0.3) is 0 Å². The lowest BCUT2D eigenvalue weighted by Crippen LogP contribution is -2.38. The molecule has 0 saturated carbocycles. The second kappa shape index (κ2) is 10.5. The summed E-state index contributed by atoms with van der Waals surface area (Å²) < 4.78 is 11.3. The van der Waals surface area contributed by atoms with Crippen LogP contribution in [0.15, 0.2) is 53.6 Å². The fraction of sp³-hybridized carbons (Fsp3) is 0.364. The van der Waals surface area contributed by atoms with Crippen LogP contribution in [-0.4, -0.2) is 43.8 Å². The fourth-order valence-corrected chi connectivity index (χ4v) is 3.15. The first kappa shape index (κ1) is 19.9. The van der Waals surface area contributed by atoms with Gasteiger partial charge in [-0.05, 0) is 55.3 Å². The van der Waals surface area contributed by atoms with E-state index in [4.69, 9.17) is 9.47 Å². The van der Waals surface area contributed by atoms with Crippen molar-refractivity contribution in [3.05, 3.63) is 59.7 Å². The van der Waals surface area contributed by atoms with E-state index in [1.807, 2.05) is 48.5 Å². The predicted octanol–water partition coefficient (Wildman–Crippen LogP) is 3.21. The Hall–Kier alpha value is -2.86. The number of hydrazone groups is 1. The molecule has 1 heterocycles. The molecule has 0 bridgehead atoms. The van der Waals surface area contributed by atoms with Crippen LogP contribution in [0.3, 0.4) is 0 Å². The zero-order valence-electron chi connectivity index (χ0n) is 16.3. The molecule has 6 nitrogen and oxygen atoms in total. The molecule has 2 aromatic rings. The van der Waals surface area contributed by atoms with E-state index in [0.717, 1.165) is 37.1 Å². The Kier molecular flexibility index (Phi) is 7.44. The molecule has 1 aliphatic heterocycles. The molecule has 1 amide bonds. The average Bonchev–Trinajstić information content (AvgIpc) is 2.74.